The molecule has 0 fully saturated rings. The minimum atomic E-state index is 0.514. The summed E-state index contributed by atoms with van der Waals surface area (Å²) in [5, 5.41) is 2.21. The molecule has 0 amide bonds. The Balaban J connectivity index is 2.89. The Bertz CT molecular complexity index is 452. The summed E-state index contributed by atoms with van der Waals surface area (Å²) in [5.74, 6) is 0. The minimum absolute atomic E-state index is 0.514. The Morgan fingerprint density at radius 3 is 3.00 bits per heavy atom. The molecular weight excluding hydrogens is 253 g/mol. The van der Waals surface area contributed by atoms with Crippen molar-refractivity contribution in [1.29, 1.82) is 0 Å². The normalized spacial score (nSPS) is 11.0. The zero-order valence-electron chi connectivity index (χ0n) is 6.96. The van der Waals surface area contributed by atoms with Gasteiger partial charge in [-0.15, -0.1) is 0 Å². The standard InChI is InChI=1S/C8H7BrClN3/c1-13-3-5(2-9)6-7(10)11-4-12-8(6)13/h3-4H,2H2,1H3. The number of fused-ring (bicyclic) bond motifs is 1. The van der Waals surface area contributed by atoms with Gasteiger partial charge in [0.2, 0.25) is 0 Å². The fourth-order valence-corrected chi connectivity index (χ4v) is 2.03. The highest BCUT2D eigenvalue weighted by Crippen LogP contribution is 2.25. The molecule has 2 aromatic heterocycles. The van der Waals surface area contributed by atoms with Gasteiger partial charge in [0.05, 0.1) is 5.39 Å². The Morgan fingerprint density at radius 2 is 2.31 bits per heavy atom. The van der Waals surface area contributed by atoms with Gasteiger partial charge < -0.3 is 4.57 Å². The lowest BCUT2D eigenvalue weighted by molar-refractivity contribution is 0.939. The van der Waals surface area contributed by atoms with Crippen molar-refractivity contribution in [3.63, 3.8) is 0 Å². The zero-order valence-corrected chi connectivity index (χ0v) is 9.30. The Labute approximate surface area is 88.9 Å². The summed E-state index contributed by atoms with van der Waals surface area (Å²) >= 11 is 9.37. The molecule has 0 radical (unpaired) electrons. The van der Waals surface area contributed by atoms with E-state index in [-0.39, 0.29) is 0 Å². The van der Waals surface area contributed by atoms with Crippen LogP contribution in [0.4, 0.5) is 0 Å². The second-order valence-corrected chi connectivity index (χ2v) is 3.68. The molecule has 0 N–H and O–H groups in total. The number of hydrogen-bond acceptors (Lipinski definition) is 2. The highest BCUT2D eigenvalue weighted by Gasteiger charge is 2.10. The number of rotatable bonds is 1. The van der Waals surface area contributed by atoms with E-state index in [4.69, 9.17) is 11.6 Å². The van der Waals surface area contributed by atoms with Crippen molar-refractivity contribution in [2.75, 3.05) is 0 Å². The summed E-state index contributed by atoms with van der Waals surface area (Å²) < 4.78 is 1.94. The SMILES string of the molecule is Cn1cc(CBr)c2c(Cl)ncnc21. The second kappa shape index (κ2) is 3.27. The van der Waals surface area contributed by atoms with Crippen molar-refractivity contribution >= 4 is 38.6 Å². The van der Waals surface area contributed by atoms with E-state index in [0.29, 0.717) is 5.15 Å². The van der Waals surface area contributed by atoms with E-state index >= 15 is 0 Å². The Morgan fingerprint density at radius 1 is 1.54 bits per heavy atom. The minimum Gasteiger partial charge on any atom is -0.335 e. The predicted octanol–water partition coefficient (Wildman–Crippen LogP) is 2.52. The molecule has 2 rings (SSSR count). The first-order valence-corrected chi connectivity index (χ1v) is 5.24. The Kier molecular flexibility index (Phi) is 2.26. The lowest BCUT2D eigenvalue weighted by Gasteiger charge is -1.95. The van der Waals surface area contributed by atoms with Crippen molar-refractivity contribution in [3.8, 4) is 0 Å². The maximum atomic E-state index is 5.97. The first kappa shape index (κ1) is 8.97. The monoisotopic (exact) mass is 259 g/mol. The molecule has 3 nitrogen and oxygen atoms in total. The average molecular weight is 261 g/mol. The van der Waals surface area contributed by atoms with Crippen molar-refractivity contribution in [3.05, 3.63) is 23.2 Å². The van der Waals surface area contributed by atoms with Crippen LogP contribution >= 0.6 is 27.5 Å². The lowest BCUT2D eigenvalue weighted by atomic mass is 10.3. The summed E-state index contributed by atoms with van der Waals surface area (Å²) in [6, 6.07) is 0. The highest BCUT2D eigenvalue weighted by atomic mass is 79.9. The second-order valence-electron chi connectivity index (χ2n) is 2.76. The van der Waals surface area contributed by atoms with Crippen LogP contribution in [0.25, 0.3) is 11.0 Å². The first-order chi connectivity index (χ1) is 6.24. The highest BCUT2D eigenvalue weighted by molar-refractivity contribution is 9.08. The van der Waals surface area contributed by atoms with Crippen LogP contribution in [0.5, 0.6) is 0 Å². The average Bonchev–Trinajstić information content (AvgIpc) is 2.45. The molecule has 2 heterocycles. The van der Waals surface area contributed by atoms with Crippen LogP contribution in [-0.2, 0) is 12.4 Å². The van der Waals surface area contributed by atoms with Crippen LogP contribution in [0, 0.1) is 0 Å². The summed E-state index contributed by atoms with van der Waals surface area (Å²) in [6.07, 6.45) is 3.47. The molecule has 0 atom stereocenters. The molecule has 0 aromatic carbocycles. The third kappa shape index (κ3) is 1.34. The van der Waals surface area contributed by atoms with Crippen molar-refractivity contribution in [2.45, 2.75) is 5.33 Å². The van der Waals surface area contributed by atoms with Gasteiger partial charge in [0.1, 0.15) is 17.1 Å². The van der Waals surface area contributed by atoms with Gasteiger partial charge in [-0.2, -0.15) is 0 Å². The largest absolute Gasteiger partial charge is 0.335 e. The fraction of sp³-hybridized carbons (Fsp3) is 0.250. The van der Waals surface area contributed by atoms with Gasteiger partial charge in [-0.1, -0.05) is 27.5 Å². The number of alkyl halides is 1. The summed E-state index contributed by atoms with van der Waals surface area (Å²) in [7, 11) is 1.94. The quantitative estimate of drug-likeness (QED) is 0.583. The first-order valence-electron chi connectivity index (χ1n) is 3.74. The van der Waals surface area contributed by atoms with Gasteiger partial charge >= 0.3 is 0 Å². The zero-order chi connectivity index (χ0) is 9.42. The summed E-state index contributed by atoms with van der Waals surface area (Å²) in [6.45, 7) is 0. The number of aromatic nitrogens is 3. The van der Waals surface area contributed by atoms with E-state index in [1.54, 1.807) is 0 Å². The van der Waals surface area contributed by atoms with E-state index in [1.807, 2.05) is 17.8 Å². The fourth-order valence-electron chi connectivity index (χ4n) is 1.36. The number of nitrogens with zero attached hydrogens (tertiary/aromatic N) is 3. The van der Waals surface area contributed by atoms with E-state index in [1.165, 1.54) is 6.33 Å². The van der Waals surface area contributed by atoms with Gasteiger partial charge in [-0.25, -0.2) is 9.97 Å². The molecule has 0 bridgehead atoms. The van der Waals surface area contributed by atoms with Crippen LogP contribution in [0.3, 0.4) is 0 Å². The van der Waals surface area contributed by atoms with Crippen LogP contribution in [-0.4, -0.2) is 14.5 Å². The molecule has 0 aliphatic heterocycles. The maximum Gasteiger partial charge on any atom is 0.144 e. The van der Waals surface area contributed by atoms with Gasteiger partial charge in [0.25, 0.3) is 0 Å². The molecular formula is C8H7BrClN3. The summed E-state index contributed by atoms with van der Waals surface area (Å²) in [4.78, 5) is 8.11. The molecule has 0 aliphatic rings. The van der Waals surface area contributed by atoms with Gasteiger partial charge in [-0.3, -0.25) is 0 Å². The van der Waals surface area contributed by atoms with Crippen LogP contribution < -0.4 is 0 Å². The molecule has 0 aliphatic carbocycles. The van der Waals surface area contributed by atoms with Gasteiger partial charge in [0, 0.05) is 18.6 Å². The van der Waals surface area contributed by atoms with Crippen molar-refractivity contribution in [2.24, 2.45) is 7.05 Å². The molecule has 0 spiro atoms. The third-order valence-corrected chi connectivity index (χ3v) is 2.82. The van der Waals surface area contributed by atoms with Crippen LogP contribution in [0.1, 0.15) is 5.56 Å². The molecule has 0 unspecified atom stereocenters. The smallest absolute Gasteiger partial charge is 0.144 e. The number of aryl methyl sites for hydroxylation is 1. The number of hydrogen-bond donors (Lipinski definition) is 0. The molecule has 5 heteroatoms. The predicted molar refractivity (Wildman–Crippen MR) is 56.2 cm³/mol. The molecule has 0 saturated carbocycles. The van der Waals surface area contributed by atoms with Crippen molar-refractivity contribution < 1.29 is 0 Å². The van der Waals surface area contributed by atoms with E-state index in [0.717, 1.165) is 21.9 Å². The van der Waals surface area contributed by atoms with Gasteiger partial charge in [0.15, 0.2) is 0 Å². The molecule has 13 heavy (non-hydrogen) atoms. The topological polar surface area (TPSA) is 30.7 Å². The van der Waals surface area contributed by atoms with Crippen LogP contribution in [0.2, 0.25) is 5.15 Å². The molecule has 68 valence electrons. The van der Waals surface area contributed by atoms with Gasteiger partial charge in [-0.05, 0) is 5.56 Å². The third-order valence-electron chi connectivity index (χ3n) is 1.93. The van der Waals surface area contributed by atoms with Crippen molar-refractivity contribution in [1.82, 2.24) is 14.5 Å². The number of halogens is 2. The maximum absolute atomic E-state index is 5.97. The molecule has 0 saturated heterocycles. The van der Waals surface area contributed by atoms with E-state index in [9.17, 15) is 0 Å². The molecule has 2 aromatic rings. The lowest BCUT2D eigenvalue weighted by Crippen LogP contribution is -1.88. The summed E-state index contributed by atoms with van der Waals surface area (Å²) in [5.41, 5.74) is 1.98. The van der Waals surface area contributed by atoms with E-state index < -0.39 is 0 Å². The Hall–Kier alpha value is -0.610. The van der Waals surface area contributed by atoms with Crippen LogP contribution in [0.15, 0.2) is 12.5 Å². The van der Waals surface area contributed by atoms with E-state index in [2.05, 4.69) is 25.9 Å².